The van der Waals surface area contributed by atoms with Crippen LogP contribution in [0.25, 0.3) is 0 Å². The topological polar surface area (TPSA) is 143 Å². The number of esters is 1. The van der Waals surface area contributed by atoms with Crippen molar-refractivity contribution in [2.75, 3.05) is 11.6 Å². The molecule has 0 unspecified atom stereocenters. The lowest BCUT2D eigenvalue weighted by Crippen LogP contribution is -2.41. The summed E-state index contributed by atoms with van der Waals surface area (Å²) in [7, 11) is 0. The fraction of sp³-hybridized carbons (Fsp3) is 0.500. The van der Waals surface area contributed by atoms with Crippen molar-refractivity contribution in [2.45, 2.75) is 33.3 Å². The second-order valence-corrected chi connectivity index (χ2v) is 5.16. The minimum Gasteiger partial charge on any atom is -0.461 e. The molecular weight excluding hydrogens is 294 g/mol. The number of nitrogens with one attached hydrogen (secondary N) is 1. The van der Waals surface area contributed by atoms with Crippen molar-refractivity contribution >= 4 is 23.6 Å². The second kappa shape index (κ2) is 6.89. The Morgan fingerprint density at radius 1 is 1.50 bits per heavy atom. The Morgan fingerprint density at radius 2 is 2.14 bits per heavy atom. The molecule has 22 heavy (non-hydrogen) atoms. The summed E-state index contributed by atoms with van der Waals surface area (Å²) in [5.74, 6) is 4.73. The van der Waals surface area contributed by atoms with Gasteiger partial charge in [-0.2, -0.15) is 10.1 Å². The number of rotatable bonds is 4. The van der Waals surface area contributed by atoms with Crippen molar-refractivity contribution < 1.29 is 24.3 Å². The SMILES string of the molecule is CCOC(=O)/C(=N\O)c1cc(N(N)C(=O)OC(C)(C)C)n[nH]1. The molecule has 0 spiro atoms. The van der Waals surface area contributed by atoms with Crippen molar-refractivity contribution in [3.8, 4) is 0 Å². The molecule has 0 aromatic carbocycles. The molecule has 0 saturated carbocycles. The van der Waals surface area contributed by atoms with Crippen LogP contribution in [0.1, 0.15) is 33.4 Å². The van der Waals surface area contributed by atoms with Crippen LogP contribution in [0.15, 0.2) is 11.2 Å². The second-order valence-electron chi connectivity index (χ2n) is 5.16. The fourth-order valence-corrected chi connectivity index (χ4v) is 1.36. The number of amides is 1. The van der Waals surface area contributed by atoms with E-state index in [1.807, 2.05) is 0 Å². The van der Waals surface area contributed by atoms with Crippen LogP contribution in [0, 0.1) is 0 Å². The van der Waals surface area contributed by atoms with E-state index < -0.39 is 23.4 Å². The van der Waals surface area contributed by atoms with Crippen molar-refractivity contribution in [1.82, 2.24) is 10.2 Å². The van der Waals surface area contributed by atoms with Crippen LogP contribution in [0.4, 0.5) is 10.6 Å². The zero-order valence-electron chi connectivity index (χ0n) is 12.8. The molecular formula is C12H19N5O5. The van der Waals surface area contributed by atoms with E-state index in [1.54, 1.807) is 27.7 Å². The fourth-order valence-electron chi connectivity index (χ4n) is 1.36. The highest BCUT2D eigenvalue weighted by atomic mass is 16.6. The summed E-state index contributed by atoms with van der Waals surface area (Å²) < 4.78 is 9.79. The van der Waals surface area contributed by atoms with Crippen molar-refractivity contribution in [3.63, 3.8) is 0 Å². The van der Waals surface area contributed by atoms with Crippen LogP contribution in [-0.4, -0.2) is 45.4 Å². The number of nitrogens with zero attached hydrogens (tertiary/aromatic N) is 3. The molecule has 1 amide bonds. The van der Waals surface area contributed by atoms with E-state index in [2.05, 4.69) is 15.4 Å². The predicted octanol–water partition coefficient (Wildman–Crippen LogP) is 0.766. The van der Waals surface area contributed by atoms with Crippen molar-refractivity contribution in [1.29, 1.82) is 0 Å². The van der Waals surface area contributed by atoms with Gasteiger partial charge in [-0.3, -0.25) is 5.10 Å². The smallest absolute Gasteiger partial charge is 0.430 e. The highest BCUT2D eigenvalue weighted by molar-refractivity contribution is 6.42. The summed E-state index contributed by atoms with van der Waals surface area (Å²) in [6.45, 7) is 6.78. The van der Waals surface area contributed by atoms with Gasteiger partial charge in [-0.05, 0) is 27.7 Å². The molecule has 1 rings (SSSR count). The molecule has 4 N–H and O–H groups in total. The first-order valence-electron chi connectivity index (χ1n) is 6.42. The summed E-state index contributed by atoms with van der Waals surface area (Å²) in [4.78, 5) is 23.4. The molecule has 10 heteroatoms. The number of carbonyl (C=O) groups is 2. The third-order valence-electron chi connectivity index (χ3n) is 2.23. The van der Waals surface area contributed by atoms with Gasteiger partial charge in [0.05, 0.1) is 12.3 Å². The van der Waals surface area contributed by atoms with Gasteiger partial charge in [0.25, 0.3) is 0 Å². The number of oxime groups is 1. The van der Waals surface area contributed by atoms with E-state index in [0.29, 0.717) is 5.01 Å². The zero-order chi connectivity index (χ0) is 16.9. The molecule has 0 bridgehead atoms. The number of aromatic nitrogens is 2. The van der Waals surface area contributed by atoms with Gasteiger partial charge in [0.15, 0.2) is 5.82 Å². The van der Waals surface area contributed by atoms with Crippen LogP contribution in [0.2, 0.25) is 0 Å². The van der Waals surface area contributed by atoms with Crippen molar-refractivity contribution in [3.05, 3.63) is 11.8 Å². The van der Waals surface area contributed by atoms with E-state index in [0.717, 1.165) is 0 Å². The number of hydrazine groups is 1. The molecule has 10 nitrogen and oxygen atoms in total. The lowest BCUT2D eigenvalue weighted by molar-refractivity contribution is -0.135. The number of nitrogens with two attached hydrogens (primary N) is 1. The Labute approximate surface area is 126 Å². The number of carbonyl (C=O) groups excluding carboxylic acids is 2. The van der Waals surface area contributed by atoms with Crippen molar-refractivity contribution in [2.24, 2.45) is 11.0 Å². The highest BCUT2D eigenvalue weighted by Gasteiger charge is 2.25. The van der Waals surface area contributed by atoms with E-state index in [4.69, 9.17) is 20.5 Å². The van der Waals surface area contributed by atoms with Gasteiger partial charge in [-0.25, -0.2) is 15.4 Å². The average molecular weight is 313 g/mol. The third kappa shape index (κ3) is 4.45. The highest BCUT2D eigenvalue weighted by Crippen LogP contribution is 2.15. The summed E-state index contributed by atoms with van der Waals surface area (Å²) in [5.41, 5.74) is -1.08. The first-order valence-corrected chi connectivity index (χ1v) is 6.42. The van der Waals surface area contributed by atoms with Gasteiger partial charge in [0, 0.05) is 6.07 Å². The summed E-state index contributed by atoms with van der Waals surface area (Å²) in [6, 6.07) is 1.25. The average Bonchev–Trinajstić information content (AvgIpc) is 2.86. The van der Waals surface area contributed by atoms with Gasteiger partial charge in [-0.15, -0.1) is 0 Å². The van der Waals surface area contributed by atoms with Crippen LogP contribution in [0.3, 0.4) is 0 Å². The third-order valence-corrected chi connectivity index (χ3v) is 2.23. The Kier molecular flexibility index (Phi) is 5.46. The van der Waals surface area contributed by atoms with E-state index in [1.165, 1.54) is 6.07 Å². The van der Waals surface area contributed by atoms with Gasteiger partial charge >= 0.3 is 12.1 Å². The molecule has 0 aliphatic carbocycles. The number of ether oxygens (including phenoxy) is 2. The van der Waals surface area contributed by atoms with E-state index in [-0.39, 0.29) is 18.1 Å². The number of H-pyrrole nitrogens is 1. The number of anilines is 1. The summed E-state index contributed by atoms with van der Waals surface area (Å²) in [6.07, 6.45) is -0.829. The first kappa shape index (κ1) is 17.4. The molecule has 1 heterocycles. The molecule has 1 aromatic heterocycles. The van der Waals surface area contributed by atoms with Gasteiger partial charge < -0.3 is 14.7 Å². The van der Waals surface area contributed by atoms with E-state index in [9.17, 15) is 9.59 Å². The number of aromatic amines is 1. The Balaban J connectivity index is 2.91. The normalized spacial score (nSPS) is 12.0. The number of hydrogen-bond acceptors (Lipinski definition) is 8. The Hall–Kier alpha value is -2.62. The molecule has 1 aromatic rings. The predicted molar refractivity (Wildman–Crippen MR) is 76.4 cm³/mol. The van der Waals surface area contributed by atoms with Crippen LogP contribution >= 0.6 is 0 Å². The maximum absolute atomic E-state index is 11.8. The lowest BCUT2D eigenvalue weighted by Gasteiger charge is -2.22. The zero-order valence-corrected chi connectivity index (χ0v) is 12.8. The van der Waals surface area contributed by atoms with Gasteiger partial charge in [-0.1, -0.05) is 5.16 Å². The van der Waals surface area contributed by atoms with Gasteiger partial charge in [0.2, 0.25) is 5.71 Å². The lowest BCUT2D eigenvalue weighted by atomic mass is 10.2. The monoisotopic (exact) mass is 313 g/mol. The van der Waals surface area contributed by atoms with Crippen LogP contribution < -0.4 is 10.9 Å². The Bertz CT molecular complexity index is 575. The largest absolute Gasteiger partial charge is 0.461 e. The molecule has 122 valence electrons. The quantitative estimate of drug-likeness (QED) is 0.186. The van der Waals surface area contributed by atoms with Gasteiger partial charge in [0.1, 0.15) is 5.60 Å². The maximum atomic E-state index is 11.8. The summed E-state index contributed by atoms with van der Waals surface area (Å²) >= 11 is 0. The van der Waals surface area contributed by atoms with Crippen LogP contribution in [0.5, 0.6) is 0 Å². The minimum absolute atomic E-state index is 0.0188. The standard InChI is InChI=1S/C12H19N5O5/c1-5-21-10(18)9(16-20)7-6-8(15-14-7)17(13)11(19)22-12(2,3)4/h6,20H,5,13H2,1-4H3,(H,14,15)/b16-9-. The molecule has 0 atom stereocenters. The van der Waals surface area contributed by atoms with Crippen LogP contribution in [-0.2, 0) is 14.3 Å². The molecule has 0 aliphatic rings. The minimum atomic E-state index is -0.846. The molecule has 0 saturated heterocycles. The molecule has 0 fully saturated rings. The van der Waals surface area contributed by atoms with E-state index >= 15 is 0 Å². The Morgan fingerprint density at radius 3 is 2.64 bits per heavy atom. The summed E-state index contributed by atoms with van der Waals surface area (Å²) in [5, 5.41) is 18.6. The number of hydrogen-bond donors (Lipinski definition) is 3. The molecule has 0 aliphatic heterocycles. The first-order chi connectivity index (χ1) is 10.2. The molecule has 0 radical (unpaired) electrons. The maximum Gasteiger partial charge on any atom is 0.430 e.